The molecule has 200 valence electrons. The number of esters is 1. The summed E-state index contributed by atoms with van der Waals surface area (Å²) in [6.07, 6.45) is 1.82. The van der Waals surface area contributed by atoms with E-state index in [1.54, 1.807) is 44.8 Å². The molecular formula is C29H32N2O6S. The monoisotopic (exact) mass is 536 g/mol. The molecule has 1 atom stereocenters. The summed E-state index contributed by atoms with van der Waals surface area (Å²) in [5.74, 6) is 1.73. The number of hydrogen-bond donors (Lipinski definition) is 0. The largest absolute Gasteiger partial charge is 0.493 e. The van der Waals surface area contributed by atoms with Gasteiger partial charge in [-0.1, -0.05) is 43.4 Å². The predicted molar refractivity (Wildman–Crippen MR) is 147 cm³/mol. The third kappa shape index (κ3) is 5.52. The van der Waals surface area contributed by atoms with Crippen LogP contribution in [-0.4, -0.2) is 38.0 Å². The fourth-order valence-corrected chi connectivity index (χ4v) is 5.25. The van der Waals surface area contributed by atoms with Crippen molar-refractivity contribution in [3.8, 4) is 17.2 Å². The van der Waals surface area contributed by atoms with Crippen LogP contribution in [0.1, 0.15) is 44.9 Å². The van der Waals surface area contributed by atoms with Crippen LogP contribution in [0.15, 0.2) is 63.5 Å². The quantitative estimate of drug-likeness (QED) is 0.386. The van der Waals surface area contributed by atoms with E-state index < -0.39 is 12.0 Å². The molecule has 0 saturated carbocycles. The molecule has 1 aliphatic heterocycles. The summed E-state index contributed by atoms with van der Waals surface area (Å²) in [5.41, 5.74) is 2.10. The van der Waals surface area contributed by atoms with Gasteiger partial charge >= 0.3 is 5.97 Å². The summed E-state index contributed by atoms with van der Waals surface area (Å²) in [7, 11) is 3.09. The van der Waals surface area contributed by atoms with Crippen molar-refractivity contribution < 1.29 is 23.7 Å². The topological polar surface area (TPSA) is 88.4 Å². The first-order chi connectivity index (χ1) is 18.3. The zero-order chi connectivity index (χ0) is 27.4. The second kappa shape index (κ2) is 11.7. The van der Waals surface area contributed by atoms with E-state index in [0.29, 0.717) is 50.2 Å². The summed E-state index contributed by atoms with van der Waals surface area (Å²) in [6.45, 7) is 8.53. The van der Waals surface area contributed by atoms with Gasteiger partial charge in [0, 0.05) is 0 Å². The minimum atomic E-state index is -0.737. The Morgan fingerprint density at radius 3 is 2.45 bits per heavy atom. The minimum Gasteiger partial charge on any atom is -0.493 e. The second-order valence-electron chi connectivity index (χ2n) is 9.19. The fourth-order valence-electron chi connectivity index (χ4n) is 4.20. The maximum Gasteiger partial charge on any atom is 0.338 e. The Balaban J connectivity index is 1.84. The van der Waals surface area contributed by atoms with Crippen LogP contribution in [0.5, 0.6) is 17.2 Å². The van der Waals surface area contributed by atoms with E-state index >= 15 is 0 Å². The molecule has 0 bridgehead atoms. The standard InChI is InChI=1S/C29H32N2O6S/c1-7-36-28(33)25-18(4)30-29-31(26(25)20-10-13-22(34-5)23(15-20)35-6)27(32)24(38-29)14-19-8-11-21(12-9-19)37-16-17(2)3/h8-15,17,26H,7,16H2,1-6H3/b24-14+/t26-/m0/s1. The molecule has 0 radical (unpaired) electrons. The number of benzene rings is 2. The Morgan fingerprint density at radius 1 is 1.11 bits per heavy atom. The van der Waals surface area contributed by atoms with Crippen molar-refractivity contribution in [1.29, 1.82) is 0 Å². The highest BCUT2D eigenvalue weighted by Crippen LogP contribution is 2.36. The first kappa shape index (κ1) is 27.2. The van der Waals surface area contributed by atoms with Crippen molar-refractivity contribution >= 4 is 23.4 Å². The number of hydrogen-bond acceptors (Lipinski definition) is 8. The van der Waals surface area contributed by atoms with Gasteiger partial charge < -0.3 is 18.9 Å². The number of rotatable bonds is 9. The number of ether oxygens (including phenoxy) is 4. The lowest BCUT2D eigenvalue weighted by molar-refractivity contribution is -0.139. The molecule has 0 N–H and O–H groups in total. The molecule has 0 fully saturated rings. The van der Waals surface area contributed by atoms with Crippen molar-refractivity contribution in [3.63, 3.8) is 0 Å². The smallest absolute Gasteiger partial charge is 0.338 e. The molecule has 2 aromatic carbocycles. The Morgan fingerprint density at radius 2 is 1.82 bits per heavy atom. The number of fused-ring (bicyclic) bond motifs is 1. The third-order valence-corrected chi connectivity index (χ3v) is 6.98. The molecule has 3 aromatic rings. The molecule has 0 aliphatic carbocycles. The summed E-state index contributed by atoms with van der Waals surface area (Å²) >= 11 is 1.28. The lowest BCUT2D eigenvalue weighted by Crippen LogP contribution is -2.39. The van der Waals surface area contributed by atoms with Crippen LogP contribution in [0.2, 0.25) is 0 Å². The maximum atomic E-state index is 13.8. The van der Waals surface area contributed by atoms with Gasteiger partial charge in [0.2, 0.25) is 0 Å². The van der Waals surface area contributed by atoms with Crippen molar-refractivity contribution in [2.45, 2.75) is 33.7 Å². The van der Waals surface area contributed by atoms with Gasteiger partial charge in [-0.3, -0.25) is 9.36 Å². The van der Waals surface area contributed by atoms with E-state index in [0.717, 1.165) is 11.3 Å². The zero-order valence-corrected chi connectivity index (χ0v) is 23.3. The van der Waals surface area contributed by atoms with Crippen LogP contribution in [-0.2, 0) is 9.53 Å². The van der Waals surface area contributed by atoms with Gasteiger partial charge in [-0.05, 0) is 61.2 Å². The highest BCUT2D eigenvalue weighted by Gasteiger charge is 2.33. The van der Waals surface area contributed by atoms with Gasteiger partial charge in [0.05, 0.1) is 49.3 Å². The van der Waals surface area contributed by atoms with Crippen LogP contribution in [0, 0.1) is 5.92 Å². The summed E-state index contributed by atoms with van der Waals surface area (Å²) in [6, 6.07) is 12.2. The van der Waals surface area contributed by atoms with Gasteiger partial charge in [-0.25, -0.2) is 9.79 Å². The fraction of sp³-hybridized carbons (Fsp3) is 0.345. The number of thiazole rings is 1. The normalized spacial score (nSPS) is 15.2. The Kier molecular flexibility index (Phi) is 8.36. The number of carbonyl (C=O) groups excluding carboxylic acids is 1. The van der Waals surface area contributed by atoms with Crippen LogP contribution < -0.4 is 29.1 Å². The molecule has 0 amide bonds. The number of allylic oxidation sites excluding steroid dienone is 1. The average Bonchev–Trinajstić information content (AvgIpc) is 3.21. The summed E-state index contributed by atoms with van der Waals surface area (Å²) in [4.78, 5) is 32.0. The zero-order valence-electron chi connectivity index (χ0n) is 22.4. The SMILES string of the molecule is CCOC(=O)C1=C(C)N=c2s/c(=C/c3ccc(OCC(C)C)cc3)c(=O)n2[C@H]1c1ccc(OC)c(OC)c1. The Labute approximate surface area is 225 Å². The van der Waals surface area contributed by atoms with Gasteiger partial charge in [-0.15, -0.1) is 0 Å². The molecule has 1 aromatic heterocycles. The predicted octanol–water partition coefficient (Wildman–Crippen LogP) is 3.85. The third-order valence-electron chi connectivity index (χ3n) is 6.00. The molecule has 9 heteroatoms. The maximum absolute atomic E-state index is 13.8. The second-order valence-corrected chi connectivity index (χ2v) is 10.2. The summed E-state index contributed by atoms with van der Waals surface area (Å²) in [5, 5.41) is 0. The molecule has 4 rings (SSSR count). The van der Waals surface area contributed by atoms with Gasteiger partial charge in [-0.2, -0.15) is 0 Å². The van der Waals surface area contributed by atoms with Crippen LogP contribution in [0.25, 0.3) is 6.08 Å². The number of nitrogens with zero attached hydrogens (tertiary/aromatic N) is 2. The highest BCUT2D eigenvalue weighted by molar-refractivity contribution is 7.07. The molecule has 0 unspecified atom stereocenters. The van der Waals surface area contributed by atoms with Crippen LogP contribution in [0.3, 0.4) is 0 Å². The first-order valence-electron chi connectivity index (χ1n) is 12.4. The molecule has 0 spiro atoms. The number of aromatic nitrogens is 1. The minimum absolute atomic E-state index is 0.204. The van der Waals surface area contributed by atoms with Gasteiger partial charge in [0.1, 0.15) is 5.75 Å². The van der Waals surface area contributed by atoms with Crippen LogP contribution in [0.4, 0.5) is 0 Å². The van der Waals surface area contributed by atoms with Crippen molar-refractivity contribution in [1.82, 2.24) is 4.57 Å². The highest BCUT2D eigenvalue weighted by atomic mass is 32.1. The lowest BCUT2D eigenvalue weighted by Gasteiger charge is -2.25. The average molecular weight is 537 g/mol. The van der Waals surface area contributed by atoms with E-state index in [1.807, 2.05) is 36.4 Å². The molecule has 8 nitrogen and oxygen atoms in total. The van der Waals surface area contributed by atoms with E-state index in [-0.39, 0.29) is 12.2 Å². The van der Waals surface area contributed by atoms with Crippen molar-refractivity contribution in [2.24, 2.45) is 10.9 Å². The Bertz CT molecular complexity index is 1530. The molecule has 2 heterocycles. The molecule has 38 heavy (non-hydrogen) atoms. The van der Waals surface area contributed by atoms with Crippen LogP contribution >= 0.6 is 11.3 Å². The lowest BCUT2D eigenvalue weighted by atomic mass is 9.95. The molecular weight excluding hydrogens is 504 g/mol. The van der Waals surface area contributed by atoms with Crippen molar-refractivity contribution in [2.75, 3.05) is 27.4 Å². The summed E-state index contributed by atoms with van der Waals surface area (Å²) < 4.78 is 24.1. The van der Waals surface area contributed by atoms with Crippen molar-refractivity contribution in [3.05, 3.63) is 84.5 Å². The number of methoxy groups -OCH3 is 2. The van der Waals surface area contributed by atoms with E-state index in [4.69, 9.17) is 18.9 Å². The van der Waals surface area contributed by atoms with E-state index in [9.17, 15) is 9.59 Å². The first-order valence-corrected chi connectivity index (χ1v) is 13.2. The van der Waals surface area contributed by atoms with Gasteiger partial charge in [0.15, 0.2) is 16.3 Å². The molecule has 0 saturated heterocycles. The number of carbonyl (C=O) groups is 1. The van der Waals surface area contributed by atoms with Gasteiger partial charge in [0.25, 0.3) is 5.56 Å². The van der Waals surface area contributed by atoms with E-state index in [1.165, 1.54) is 11.3 Å². The van der Waals surface area contributed by atoms with E-state index in [2.05, 4.69) is 18.8 Å². The Hall–Kier alpha value is -3.85. The molecule has 1 aliphatic rings.